The van der Waals surface area contributed by atoms with E-state index < -0.39 is 10.0 Å². The lowest BCUT2D eigenvalue weighted by atomic mass is 9.86. The molecule has 0 aromatic carbocycles. The summed E-state index contributed by atoms with van der Waals surface area (Å²) in [6.07, 6.45) is 0. The fourth-order valence-electron chi connectivity index (χ4n) is 1.32. The van der Waals surface area contributed by atoms with Crippen LogP contribution in [0.3, 0.4) is 0 Å². The summed E-state index contributed by atoms with van der Waals surface area (Å²) < 4.78 is 26.5. The zero-order valence-electron chi connectivity index (χ0n) is 8.67. The van der Waals surface area contributed by atoms with Gasteiger partial charge in [-0.2, -0.15) is 12.8 Å². The molecular formula is C9H15NO2S. The minimum atomic E-state index is -3.34. The maximum atomic E-state index is 11.4. The molecule has 74 valence electrons. The standard InChI is InChI=1S/C9H15NO2S/c1-6-7(2)13(11,12)10-8(6)9(3,4)5/h1-5H3. The molecule has 0 spiro atoms. The van der Waals surface area contributed by atoms with E-state index in [9.17, 15) is 8.42 Å². The van der Waals surface area contributed by atoms with Gasteiger partial charge in [0.2, 0.25) is 0 Å². The first-order valence-electron chi connectivity index (χ1n) is 4.19. The van der Waals surface area contributed by atoms with Gasteiger partial charge in [0.05, 0.1) is 10.6 Å². The van der Waals surface area contributed by atoms with E-state index in [4.69, 9.17) is 0 Å². The fourth-order valence-corrected chi connectivity index (χ4v) is 2.59. The van der Waals surface area contributed by atoms with Crippen molar-refractivity contribution >= 4 is 15.7 Å². The Hall–Kier alpha value is -0.640. The third-order valence-electron chi connectivity index (χ3n) is 2.19. The van der Waals surface area contributed by atoms with Crippen LogP contribution in [0, 0.1) is 5.41 Å². The van der Waals surface area contributed by atoms with Gasteiger partial charge in [0.15, 0.2) is 0 Å². The summed E-state index contributed by atoms with van der Waals surface area (Å²) in [5.74, 6) is 0. The van der Waals surface area contributed by atoms with E-state index >= 15 is 0 Å². The average Bonchev–Trinajstić information content (AvgIpc) is 2.12. The first-order valence-corrected chi connectivity index (χ1v) is 5.63. The topological polar surface area (TPSA) is 46.5 Å². The molecule has 0 unspecified atom stereocenters. The molecule has 0 atom stereocenters. The van der Waals surface area contributed by atoms with Crippen LogP contribution >= 0.6 is 0 Å². The van der Waals surface area contributed by atoms with Crippen molar-refractivity contribution in [1.29, 1.82) is 0 Å². The van der Waals surface area contributed by atoms with Gasteiger partial charge in [0.1, 0.15) is 0 Å². The number of rotatable bonds is 0. The summed E-state index contributed by atoms with van der Waals surface area (Å²) in [5, 5.41) is 0. The van der Waals surface area contributed by atoms with Crippen molar-refractivity contribution < 1.29 is 8.42 Å². The highest BCUT2D eigenvalue weighted by Crippen LogP contribution is 2.31. The van der Waals surface area contributed by atoms with Gasteiger partial charge in [-0.1, -0.05) is 20.8 Å². The van der Waals surface area contributed by atoms with E-state index in [1.807, 2.05) is 27.7 Å². The van der Waals surface area contributed by atoms with Crippen LogP contribution in [-0.2, 0) is 10.0 Å². The van der Waals surface area contributed by atoms with Gasteiger partial charge in [-0.05, 0) is 19.4 Å². The molecule has 0 radical (unpaired) electrons. The Morgan fingerprint density at radius 1 is 1.15 bits per heavy atom. The Kier molecular flexibility index (Phi) is 2.15. The number of hydrogen-bond acceptors (Lipinski definition) is 2. The summed E-state index contributed by atoms with van der Waals surface area (Å²) >= 11 is 0. The predicted molar refractivity (Wildman–Crippen MR) is 54.2 cm³/mol. The van der Waals surface area contributed by atoms with Crippen LogP contribution in [0.2, 0.25) is 0 Å². The van der Waals surface area contributed by atoms with Gasteiger partial charge in [-0.15, -0.1) is 0 Å². The van der Waals surface area contributed by atoms with E-state index in [-0.39, 0.29) is 5.41 Å². The number of hydrogen-bond donors (Lipinski definition) is 0. The second kappa shape index (κ2) is 2.67. The van der Waals surface area contributed by atoms with Gasteiger partial charge in [0.25, 0.3) is 10.0 Å². The number of allylic oxidation sites excluding steroid dienone is 2. The van der Waals surface area contributed by atoms with Gasteiger partial charge in [0, 0.05) is 5.41 Å². The Labute approximate surface area is 79.6 Å². The molecule has 0 amide bonds. The van der Waals surface area contributed by atoms with Crippen LogP contribution in [0.4, 0.5) is 0 Å². The van der Waals surface area contributed by atoms with Gasteiger partial charge in [-0.25, -0.2) is 0 Å². The summed E-state index contributed by atoms with van der Waals surface area (Å²) in [6.45, 7) is 9.30. The van der Waals surface area contributed by atoms with Crippen LogP contribution in [0.15, 0.2) is 14.9 Å². The summed E-state index contributed by atoms with van der Waals surface area (Å²) in [6, 6.07) is 0. The molecule has 0 bridgehead atoms. The molecule has 4 heteroatoms. The second-order valence-corrected chi connectivity index (χ2v) is 6.09. The van der Waals surface area contributed by atoms with Crippen molar-refractivity contribution in [3.8, 4) is 0 Å². The summed E-state index contributed by atoms with van der Waals surface area (Å²) in [7, 11) is -3.34. The zero-order valence-corrected chi connectivity index (χ0v) is 9.49. The van der Waals surface area contributed by atoms with Gasteiger partial charge in [-0.3, -0.25) is 0 Å². The van der Waals surface area contributed by atoms with E-state index in [2.05, 4.69) is 4.40 Å². The largest absolute Gasteiger partial charge is 0.278 e. The molecule has 3 nitrogen and oxygen atoms in total. The number of nitrogens with zero attached hydrogens (tertiary/aromatic N) is 1. The van der Waals surface area contributed by atoms with Crippen LogP contribution in [0.25, 0.3) is 0 Å². The van der Waals surface area contributed by atoms with Crippen molar-refractivity contribution in [3.05, 3.63) is 10.5 Å². The SMILES string of the molecule is CC1=C(C)S(=O)(=O)N=C1C(C)(C)C. The highest BCUT2D eigenvalue weighted by atomic mass is 32.2. The lowest BCUT2D eigenvalue weighted by molar-refractivity contribution is 0.588. The Morgan fingerprint density at radius 3 is 1.77 bits per heavy atom. The summed E-state index contributed by atoms with van der Waals surface area (Å²) in [4.78, 5) is 0.387. The van der Waals surface area contributed by atoms with Gasteiger partial charge < -0.3 is 0 Å². The smallest absolute Gasteiger partial charge is 0.200 e. The molecule has 1 aliphatic heterocycles. The molecule has 1 heterocycles. The van der Waals surface area contributed by atoms with E-state index in [1.165, 1.54) is 0 Å². The Balaban J connectivity index is 3.37. The van der Waals surface area contributed by atoms with Crippen molar-refractivity contribution in [3.63, 3.8) is 0 Å². The second-order valence-electron chi connectivity index (χ2n) is 4.35. The molecule has 0 aromatic heterocycles. The van der Waals surface area contributed by atoms with Crippen molar-refractivity contribution in [2.45, 2.75) is 34.6 Å². The highest BCUT2D eigenvalue weighted by Gasteiger charge is 2.32. The first kappa shape index (κ1) is 10.4. The maximum absolute atomic E-state index is 11.4. The predicted octanol–water partition coefficient (Wildman–Crippen LogP) is 2.11. The molecule has 0 N–H and O–H groups in total. The lowest BCUT2D eigenvalue weighted by Gasteiger charge is -2.18. The van der Waals surface area contributed by atoms with Crippen molar-refractivity contribution in [1.82, 2.24) is 0 Å². The van der Waals surface area contributed by atoms with E-state index in [1.54, 1.807) is 6.92 Å². The molecule has 1 aliphatic rings. The van der Waals surface area contributed by atoms with Crippen LogP contribution < -0.4 is 0 Å². The molecule has 0 saturated heterocycles. The van der Waals surface area contributed by atoms with Crippen LogP contribution in [0.5, 0.6) is 0 Å². The normalized spacial score (nSPS) is 22.1. The van der Waals surface area contributed by atoms with Gasteiger partial charge >= 0.3 is 0 Å². The molecule has 0 fully saturated rings. The minimum Gasteiger partial charge on any atom is -0.200 e. The third kappa shape index (κ3) is 1.68. The Morgan fingerprint density at radius 2 is 1.62 bits per heavy atom. The highest BCUT2D eigenvalue weighted by molar-refractivity contribution is 7.94. The summed E-state index contributed by atoms with van der Waals surface area (Å²) in [5.41, 5.74) is 1.28. The van der Waals surface area contributed by atoms with Crippen molar-refractivity contribution in [2.75, 3.05) is 0 Å². The average molecular weight is 201 g/mol. The Bertz CT molecular complexity index is 394. The lowest BCUT2D eigenvalue weighted by Crippen LogP contribution is -2.19. The van der Waals surface area contributed by atoms with E-state index in [0.29, 0.717) is 10.6 Å². The van der Waals surface area contributed by atoms with Crippen LogP contribution in [0.1, 0.15) is 34.6 Å². The third-order valence-corrected chi connectivity index (χ3v) is 3.70. The molecule has 0 aliphatic carbocycles. The molecule has 13 heavy (non-hydrogen) atoms. The fraction of sp³-hybridized carbons (Fsp3) is 0.667. The monoisotopic (exact) mass is 201 g/mol. The van der Waals surface area contributed by atoms with E-state index in [0.717, 1.165) is 5.57 Å². The molecule has 1 rings (SSSR count). The molecular weight excluding hydrogens is 186 g/mol. The zero-order chi connectivity index (χ0) is 10.4. The quantitative estimate of drug-likeness (QED) is 0.602. The van der Waals surface area contributed by atoms with Crippen LogP contribution in [-0.4, -0.2) is 14.1 Å². The molecule has 0 saturated carbocycles. The number of sulfonamides is 1. The molecule has 0 aromatic rings. The maximum Gasteiger partial charge on any atom is 0.278 e. The minimum absolute atomic E-state index is 0.199. The first-order chi connectivity index (χ1) is 5.66. The van der Waals surface area contributed by atoms with Crippen molar-refractivity contribution in [2.24, 2.45) is 9.81 Å².